The molecule has 0 aromatic carbocycles. The van der Waals surface area contributed by atoms with Crippen molar-refractivity contribution in [1.29, 1.82) is 0 Å². The minimum atomic E-state index is 0. The van der Waals surface area contributed by atoms with Gasteiger partial charge in [0.05, 0.1) is 0 Å². The Morgan fingerprint density at radius 3 is 1.17 bits per heavy atom. The molecule has 6 heavy (non-hydrogen) atoms. The van der Waals surface area contributed by atoms with Gasteiger partial charge in [-0.05, 0) is 0 Å². The fourth-order valence-corrected chi connectivity index (χ4v) is 0. The Balaban J connectivity index is -0.0000000450. The summed E-state index contributed by atoms with van der Waals surface area (Å²) in [5, 5.41) is 0. The van der Waals surface area contributed by atoms with E-state index in [9.17, 15) is 0 Å². The fraction of sp³-hybridized carbons (Fsp3) is 1.00. The normalized spacial score (nSPS) is 5.00. The molecule has 0 aromatic heterocycles. The summed E-state index contributed by atoms with van der Waals surface area (Å²) in [7, 11) is 0. The first-order valence-corrected chi connectivity index (χ1v) is 1.32. The SMILES string of the molecule is NCCN.[Cl-].[Pt+2]. The van der Waals surface area contributed by atoms with Crippen LogP contribution in [0.4, 0.5) is 0 Å². The summed E-state index contributed by atoms with van der Waals surface area (Å²) in [5.74, 6) is 0. The summed E-state index contributed by atoms with van der Waals surface area (Å²) < 4.78 is 0. The molecular weight excluding hydrogens is 283 g/mol. The number of hydrogen-bond donors (Lipinski definition) is 2. The minimum absolute atomic E-state index is 0. The van der Waals surface area contributed by atoms with Gasteiger partial charge in [-0.1, -0.05) is 0 Å². The predicted octanol–water partition coefficient (Wildman–Crippen LogP) is -4.09. The Kier molecular flexibility index (Phi) is 44.3. The molecule has 42 valence electrons. The van der Waals surface area contributed by atoms with Crippen molar-refractivity contribution in [1.82, 2.24) is 0 Å². The summed E-state index contributed by atoms with van der Waals surface area (Å²) in [4.78, 5) is 0. The molecule has 0 fully saturated rings. The van der Waals surface area contributed by atoms with Crippen molar-refractivity contribution < 1.29 is 33.5 Å². The molecule has 0 aliphatic heterocycles. The van der Waals surface area contributed by atoms with Crippen LogP contribution in [0, 0.1) is 0 Å². The van der Waals surface area contributed by atoms with Crippen LogP contribution in [-0.2, 0) is 21.1 Å². The Hall–Kier alpha value is 0.898. The Morgan fingerprint density at radius 1 is 1.00 bits per heavy atom. The second-order valence-corrected chi connectivity index (χ2v) is 0.577. The van der Waals surface area contributed by atoms with Gasteiger partial charge < -0.3 is 23.9 Å². The van der Waals surface area contributed by atoms with E-state index in [2.05, 4.69) is 0 Å². The third-order valence-corrected chi connectivity index (χ3v) is 0.167. The van der Waals surface area contributed by atoms with Crippen LogP contribution in [0.1, 0.15) is 0 Å². The molecule has 0 radical (unpaired) electrons. The molecule has 0 heterocycles. The molecule has 0 amide bonds. The van der Waals surface area contributed by atoms with Crippen molar-refractivity contribution in [2.45, 2.75) is 0 Å². The average Bonchev–Trinajstić information content (AvgIpc) is 1.37. The fourth-order valence-electron chi connectivity index (χ4n) is 0. The van der Waals surface area contributed by atoms with Crippen molar-refractivity contribution in [2.75, 3.05) is 13.1 Å². The number of rotatable bonds is 1. The van der Waals surface area contributed by atoms with Gasteiger partial charge >= 0.3 is 21.1 Å². The minimum Gasteiger partial charge on any atom is -1.00 e. The zero-order valence-corrected chi connectivity index (χ0v) is 6.29. The Labute approximate surface area is 58.3 Å². The van der Waals surface area contributed by atoms with E-state index < -0.39 is 0 Å². The second-order valence-electron chi connectivity index (χ2n) is 0.577. The molecule has 0 bridgehead atoms. The zero-order chi connectivity index (χ0) is 3.41. The molecule has 4 N–H and O–H groups in total. The molecular formula is C2H8ClN2Pt+. The van der Waals surface area contributed by atoms with E-state index >= 15 is 0 Å². The van der Waals surface area contributed by atoms with Crippen LogP contribution in [0.3, 0.4) is 0 Å². The molecule has 0 saturated carbocycles. The molecule has 0 unspecified atom stereocenters. The predicted molar refractivity (Wildman–Crippen MR) is 18.1 cm³/mol. The van der Waals surface area contributed by atoms with Crippen LogP contribution < -0.4 is 23.9 Å². The standard InChI is InChI=1S/C2H8N2.ClH.Pt/c3-1-2-4;;/h1-4H2;1H;/q;;+2/p-1. The van der Waals surface area contributed by atoms with Gasteiger partial charge in [-0.2, -0.15) is 0 Å². The number of halogens is 1. The monoisotopic (exact) mass is 290 g/mol. The van der Waals surface area contributed by atoms with Crippen molar-refractivity contribution >= 4 is 0 Å². The number of hydrogen-bond acceptors (Lipinski definition) is 2. The summed E-state index contributed by atoms with van der Waals surface area (Å²) in [6, 6.07) is 0. The van der Waals surface area contributed by atoms with Gasteiger partial charge in [0.1, 0.15) is 0 Å². The maximum Gasteiger partial charge on any atom is 2.00 e. The van der Waals surface area contributed by atoms with E-state index in [1.165, 1.54) is 0 Å². The molecule has 0 spiro atoms. The first-order valence-electron chi connectivity index (χ1n) is 1.32. The molecule has 0 saturated heterocycles. The maximum absolute atomic E-state index is 4.90. The van der Waals surface area contributed by atoms with Gasteiger partial charge in [-0.25, -0.2) is 0 Å². The van der Waals surface area contributed by atoms with Crippen molar-refractivity contribution in [3.05, 3.63) is 0 Å². The van der Waals surface area contributed by atoms with Crippen LogP contribution >= 0.6 is 0 Å². The third kappa shape index (κ3) is 20.7. The summed E-state index contributed by atoms with van der Waals surface area (Å²) in [5.41, 5.74) is 9.81. The van der Waals surface area contributed by atoms with Gasteiger partial charge in [-0.15, -0.1) is 0 Å². The quantitative estimate of drug-likeness (QED) is 0.516. The van der Waals surface area contributed by atoms with Crippen LogP contribution in [0.5, 0.6) is 0 Å². The molecule has 0 aliphatic rings. The summed E-state index contributed by atoms with van der Waals surface area (Å²) >= 11 is 0. The Morgan fingerprint density at radius 2 is 1.17 bits per heavy atom. The Bertz CT molecular complexity index is 13.5. The summed E-state index contributed by atoms with van der Waals surface area (Å²) in [6.45, 7) is 1.19. The van der Waals surface area contributed by atoms with Gasteiger partial charge in [0.25, 0.3) is 0 Å². The average molecular weight is 291 g/mol. The number of nitrogens with two attached hydrogens (primary N) is 2. The largest absolute Gasteiger partial charge is 2.00 e. The molecule has 2 nitrogen and oxygen atoms in total. The molecule has 4 heteroatoms. The van der Waals surface area contributed by atoms with Crippen LogP contribution in [0.15, 0.2) is 0 Å². The molecule has 0 rings (SSSR count). The van der Waals surface area contributed by atoms with Gasteiger partial charge in [0, 0.05) is 13.1 Å². The topological polar surface area (TPSA) is 52.0 Å². The van der Waals surface area contributed by atoms with E-state index in [4.69, 9.17) is 11.5 Å². The van der Waals surface area contributed by atoms with Crippen molar-refractivity contribution in [3.63, 3.8) is 0 Å². The van der Waals surface area contributed by atoms with E-state index in [0.29, 0.717) is 13.1 Å². The first kappa shape index (κ1) is 15.8. The van der Waals surface area contributed by atoms with Gasteiger partial charge in [0.2, 0.25) is 0 Å². The van der Waals surface area contributed by atoms with E-state index in [1.54, 1.807) is 0 Å². The third-order valence-electron chi connectivity index (χ3n) is 0.167. The molecule has 0 aliphatic carbocycles. The zero-order valence-electron chi connectivity index (χ0n) is 3.26. The van der Waals surface area contributed by atoms with E-state index in [0.717, 1.165) is 0 Å². The first-order chi connectivity index (χ1) is 1.91. The maximum atomic E-state index is 4.90. The summed E-state index contributed by atoms with van der Waals surface area (Å²) in [6.07, 6.45) is 0. The molecule has 0 atom stereocenters. The van der Waals surface area contributed by atoms with Crippen molar-refractivity contribution in [3.8, 4) is 0 Å². The smallest absolute Gasteiger partial charge is 1.00 e. The second kappa shape index (κ2) is 16.8. The van der Waals surface area contributed by atoms with Gasteiger partial charge in [-0.3, -0.25) is 0 Å². The van der Waals surface area contributed by atoms with Crippen LogP contribution in [0.2, 0.25) is 0 Å². The van der Waals surface area contributed by atoms with E-state index in [1.807, 2.05) is 0 Å². The van der Waals surface area contributed by atoms with E-state index in [-0.39, 0.29) is 33.5 Å². The molecule has 0 aromatic rings. The van der Waals surface area contributed by atoms with Crippen LogP contribution in [0.25, 0.3) is 0 Å². The van der Waals surface area contributed by atoms with Crippen LogP contribution in [-0.4, -0.2) is 13.1 Å². The van der Waals surface area contributed by atoms with Gasteiger partial charge in [0.15, 0.2) is 0 Å². The van der Waals surface area contributed by atoms with Crippen molar-refractivity contribution in [2.24, 2.45) is 11.5 Å².